The van der Waals surface area contributed by atoms with Crippen LogP contribution in [0.5, 0.6) is 5.75 Å². The molecule has 0 heterocycles. The van der Waals surface area contributed by atoms with E-state index in [2.05, 4.69) is 19.1 Å². The van der Waals surface area contributed by atoms with Gasteiger partial charge in [-0.1, -0.05) is 31.2 Å². The van der Waals surface area contributed by atoms with E-state index in [1.165, 1.54) is 12.1 Å². The van der Waals surface area contributed by atoms with Crippen LogP contribution in [0.15, 0.2) is 42.5 Å². The second-order valence-electron chi connectivity index (χ2n) is 4.94. The number of hydrogen-bond acceptors (Lipinski definition) is 2. The maximum atomic E-state index is 13.3. The van der Waals surface area contributed by atoms with Gasteiger partial charge < -0.3 is 4.74 Å². The molecule has 1 unspecified atom stereocenters. The molecule has 21 heavy (non-hydrogen) atoms. The Bertz CT molecular complexity index is 661. The van der Waals surface area contributed by atoms with Crippen LogP contribution >= 0.6 is 0 Å². The van der Waals surface area contributed by atoms with E-state index in [-0.39, 0.29) is 11.7 Å². The summed E-state index contributed by atoms with van der Waals surface area (Å²) >= 11 is 0. The largest absolute Gasteiger partial charge is 0.496 e. The number of hydrogen-bond donors (Lipinski definition) is 0. The van der Waals surface area contributed by atoms with Crippen LogP contribution in [-0.4, -0.2) is 7.11 Å². The second kappa shape index (κ2) is 6.90. The van der Waals surface area contributed by atoms with E-state index in [1.54, 1.807) is 19.2 Å². The molecule has 2 aromatic rings. The molecule has 0 saturated carbocycles. The number of aryl methyl sites for hydroxylation is 1. The highest BCUT2D eigenvalue weighted by molar-refractivity contribution is 5.39. The molecular weight excluding hydrogens is 265 g/mol. The lowest BCUT2D eigenvalue weighted by Crippen LogP contribution is -2.02. The molecule has 0 spiro atoms. The average Bonchev–Trinajstić information content (AvgIpc) is 2.52. The highest BCUT2D eigenvalue weighted by atomic mass is 19.1. The molecule has 2 aromatic carbocycles. The van der Waals surface area contributed by atoms with Gasteiger partial charge in [-0.3, -0.25) is 0 Å². The summed E-state index contributed by atoms with van der Waals surface area (Å²) in [6.07, 6.45) is 1.44. The molecule has 1 atom stereocenters. The molecular formula is C18H18FNO. The molecule has 2 nitrogen and oxygen atoms in total. The van der Waals surface area contributed by atoms with Crippen molar-refractivity contribution in [3.63, 3.8) is 0 Å². The van der Waals surface area contributed by atoms with Gasteiger partial charge in [0.15, 0.2) is 0 Å². The Morgan fingerprint density at radius 2 is 2.05 bits per heavy atom. The van der Waals surface area contributed by atoms with Gasteiger partial charge >= 0.3 is 0 Å². The van der Waals surface area contributed by atoms with Crippen LogP contribution < -0.4 is 4.74 Å². The summed E-state index contributed by atoms with van der Waals surface area (Å²) in [4.78, 5) is 0. The van der Waals surface area contributed by atoms with E-state index in [4.69, 9.17) is 4.74 Å². The summed E-state index contributed by atoms with van der Waals surface area (Å²) in [5.74, 6) is 0.205. The van der Waals surface area contributed by atoms with Crippen LogP contribution in [0.4, 0.5) is 4.39 Å². The Hall–Kier alpha value is -2.34. The molecule has 0 aliphatic carbocycles. The summed E-state index contributed by atoms with van der Waals surface area (Å²) in [6.45, 7) is 2.07. The summed E-state index contributed by atoms with van der Waals surface area (Å²) in [6, 6.07) is 14.5. The number of nitrogens with zero attached hydrogens (tertiary/aromatic N) is 1. The first kappa shape index (κ1) is 15.1. The molecule has 0 aromatic heterocycles. The third-order valence-electron chi connectivity index (χ3n) is 3.57. The summed E-state index contributed by atoms with van der Waals surface area (Å²) in [7, 11) is 1.65. The predicted octanol–water partition coefficient (Wildman–Crippen LogP) is 4.25. The molecule has 0 aliphatic rings. The Kier molecular flexibility index (Phi) is 4.94. The smallest absolute Gasteiger partial charge is 0.123 e. The molecule has 0 N–H and O–H groups in total. The number of ether oxygens (including phenoxy) is 1. The van der Waals surface area contributed by atoms with Gasteiger partial charge in [-0.2, -0.15) is 5.26 Å². The fraction of sp³-hybridized carbons (Fsp3) is 0.278. The van der Waals surface area contributed by atoms with Crippen LogP contribution in [0, 0.1) is 17.1 Å². The third kappa shape index (κ3) is 3.61. The van der Waals surface area contributed by atoms with E-state index in [9.17, 15) is 9.65 Å². The van der Waals surface area contributed by atoms with Crippen molar-refractivity contribution in [2.24, 2.45) is 0 Å². The Balaban J connectivity index is 2.25. The predicted molar refractivity (Wildman–Crippen MR) is 80.8 cm³/mol. The van der Waals surface area contributed by atoms with E-state index < -0.39 is 0 Å². The van der Waals surface area contributed by atoms with E-state index in [0.29, 0.717) is 12.0 Å². The zero-order valence-corrected chi connectivity index (χ0v) is 12.3. The van der Waals surface area contributed by atoms with Gasteiger partial charge in [0.25, 0.3) is 0 Å². The SMILES string of the molecule is CCc1cc(CC(C#N)c2cccc(F)c2)ccc1OC. The molecule has 0 saturated heterocycles. The molecule has 0 radical (unpaired) electrons. The van der Waals surface area contributed by atoms with E-state index >= 15 is 0 Å². The Morgan fingerprint density at radius 3 is 2.67 bits per heavy atom. The average molecular weight is 283 g/mol. The van der Waals surface area contributed by atoms with Crippen LogP contribution in [0.1, 0.15) is 29.5 Å². The minimum absolute atomic E-state index is 0.309. The topological polar surface area (TPSA) is 33.0 Å². The minimum atomic E-state index is -0.348. The summed E-state index contributed by atoms with van der Waals surface area (Å²) in [5, 5.41) is 9.36. The number of methoxy groups -OCH3 is 1. The lowest BCUT2D eigenvalue weighted by Gasteiger charge is -2.12. The van der Waals surface area contributed by atoms with Crippen molar-refractivity contribution in [1.82, 2.24) is 0 Å². The van der Waals surface area contributed by atoms with Crippen molar-refractivity contribution in [3.8, 4) is 11.8 Å². The molecule has 2 rings (SSSR count). The maximum absolute atomic E-state index is 13.3. The van der Waals surface area contributed by atoms with Crippen molar-refractivity contribution in [3.05, 3.63) is 65.0 Å². The summed E-state index contributed by atoms with van der Waals surface area (Å²) in [5.41, 5.74) is 2.89. The zero-order chi connectivity index (χ0) is 15.2. The van der Waals surface area contributed by atoms with Crippen LogP contribution in [0.3, 0.4) is 0 Å². The third-order valence-corrected chi connectivity index (χ3v) is 3.57. The highest BCUT2D eigenvalue weighted by Gasteiger charge is 2.13. The second-order valence-corrected chi connectivity index (χ2v) is 4.94. The minimum Gasteiger partial charge on any atom is -0.496 e. The number of rotatable bonds is 5. The summed E-state index contributed by atoms with van der Waals surface area (Å²) < 4.78 is 18.6. The molecule has 0 fully saturated rings. The van der Waals surface area contributed by atoms with Crippen LogP contribution in [-0.2, 0) is 12.8 Å². The molecule has 0 bridgehead atoms. The lowest BCUT2D eigenvalue weighted by atomic mass is 9.92. The van der Waals surface area contributed by atoms with E-state index in [1.807, 2.05) is 12.1 Å². The van der Waals surface area contributed by atoms with Crippen LogP contribution in [0.2, 0.25) is 0 Å². The van der Waals surface area contributed by atoms with Gasteiger partial charge in [-0.25, -0.2) is 4.39 Å². The number of benzene rings is 2. The molecule has 108 valence electrons. The molecule has 0 amide bonds. The zero-order valence-electron chi connectivity index (χ0n) is 12.3. The van der Waals surface area contributed by atoms with Gasteiger partial charge in [0, 0.05) is 0 Å². The van der Waals surface area contributed by atoms with Crippen molar-refractivity contribution in [2.45, 2.75) is 25.7 Å². The first-order chi connectivity index (χ1) is 10.2. The fourth-order valence-electron chi connectivity index (χ4n) is 2.43. The van der Waals surface area contributed by atoms with Crippen molar-refractivity contribution in [1.29, 1.82) is 5.26 Å². The number of nitriles is 1. The fourth-order valence-corrected chi connectivity index (χ4v) is 2.43. The van der Waals surface area contributed by atoms with Crippen molar-refractivity contribution in [2.75, 3.05) is 7.11 Å². The van der Waals surface area contributed by atoms with Gasteiger partial charge in [0.05, 0.1) is 19.1 Å². The first-order valence-corrected chi connectivity index (χ1v) is 6.98. The quantitative estimate of drug-likeness (QED) is 0.822. The van der Waals surface area contributed by atoms with Crippen molar-refractivity contribution < 1.29 is 9.13 Å². The standard InChI is InChI=1S/C18H18FNO/c1-3-14-9-13(7-8-18(14)21-2)10-16(12-20)15-5-4-6-17(19)11-15/h4-9,11,16H,3,10H2,1-2H3. The normalized spacial score (nSPS) is 11.7. The van der Waals surface area contributed by atoms with E-state index in [0.717, 1.165) is 23.3 Å². The Labute approximate surface area is 124 Å². The van der Waals surface area contributed by atoms with Gasteiger partial charge in [-0.15, -0.1) is 0 Å². The monoisotopic (exact) mass is 283 g/mol. The molecule has 3 heteroatoms. The highest BCUT2D eigenvalue weighted by Crippen LogP contribution is 2.25. The molecule has 0 aliphatic heterocycles. The van der Waals surface area contributed by atoms with Gasteiger partial charge in [0.1, 0.15) is 11.6 Å². The van der Waals surface area contributed by atoms with Gasteiger partial charge in [0.2, 0.25) is 0 Å². The number of halogens is 1. The lowest BCUT2D eigenvalue weighted by molar-refractivity contribution is 0.410. The first-order valence-electron chi connectivity index (χ1n) is 6.98. The van der Waals surface area contributed by atoms with Crippen LogP contribution in [0.25, 0.3) is 0 Å². The van der Waals surface area contributed by atoms with Gasteiger partial charge in [-0.05, 0) is 47.7 Å². The maximum Gasteiger partial charge on any atom is 0.123 e. The Morgan fingerprint density at radius 1 is 1.24 bits per heavy atom. The van der Waals surface area contributed by atoms with Crippen molar-refractivity contribution >= 4 is 0 Å².